The van der Waals surface area contributed by atoms with Gasteiger partial charge >= 0.3 is 11.9 Å². The maximum Gasteiger partial charge on any atom is 0.309 e. The molecule has 1 aromatic carbocycles. The van der Waals surface area contributed by atoms with Gasteiger partial charge in [-0.1, -0.05) is 24.3 Å². The van der Waals surface area contributed by atoms with E-state index < -0.39 is 22.8 Å². The summed E-state index contributed by atoms with van der Waals surface area (Å²) < 4.78 is 0. The molecular weight excluding hydrogens is 400 g/mol. The third kappa shape index (κ3) is 2.45. The van der Waals surface area contributed by atoms with Gasteiger partial charge in [0.25, 0.3) is 0 Å². The Morgan fingerprint density at radius 2 is 0.906 bits per heavy atom. The highest BCUT2D eigenvalue weighted by Gasteiger charge is 2.63. The average molecular weight is 435 g/mol. The zero-order valence-corrected chi connectivity index (χ0v) is 18.8. The minimum absolute atomic E-state index is 0.0325. The fourth-order valence-electron chi connectivity index (χ4n) is 10.9. The number of carboxylic acid groups (broad SMARTS) is 2. The Morgan fingerprint density at radius 1 is 0.594 bits per heavy atom. The van der Waals surface area contributed by atoms with Gasteiger partial charge in [-0.05, 0) is 123 Å². The summed E-state index contributed by atoms with van der Waals surface area (Å²) in [7, 11) is 0. The van der Waals surface area contributed by atoms with Crippen molar-refractivity contribution in [3.8, 4) is 0 Å². The third-order valence-corrected chi connectivity index (χ3v) is 11.1. The minimum atomic E-state index is -0.569. The molecule has 0 aromatic heterocycles. The first-order chi connectivity index (χ1) is 15.2. The van der Waals surface area contributed by atoms with Gasteiger partial charge in [0, 0.05) is 0 Å². The first-order valence-corrected chi connectivity index (χ1v) is 12.8. The lowest BCUT2D eigenvalue weighted by molar-refractivity contribution is -0.168. The normalized spacial score (nSPS) is 50.0. The van der Waals surface area contributed by atoms with Crippen molar-refractivity contribution >= 4 is 11.9 Å². The molecule has 0 spiro atoms. The number of rotatable bonds is 4. The summed E-state index contributed by atoms with van der Waals surface area (Å²) in [5.74, 6) is 1.10. The molecule has 0 aliphatic heterocycles. The van der Waals surface area contributed by atoms with E-state index in [1.807, 2.05) is 0 Å². The first kappa shape index (κ1) is 19.6. The summed E-state index contributed by atoms with van der Waals surface area (Å²) in [6.45, 7) is 0. The molecule has 8 fully saturated rings. The summed E-state index contributed by atoms with van der Waals surface area (Å²) in [4.78, 5) is 24.6. The van der Waals surface area contributed by atoms with Gasteiger partial charge in [0.05, 0.1) is 10.8 Å². The van der Waals surface area contributed by atoms with Crippen molar-refractivity contribution in [2.24, 2.45) is 34.5 Å². The largest absolute Gasteiger partial charge is 0.481 e. The highest BCUT2D eigenvalue weighted by Crippen LogP contribution is 2.67. The Balaban J connectivity index is 1.23. The fourth-order valence-corrected chi connectivity index (χ4v) is 10.9. The Bertz CT molecular complexity index is 898. The van der Waals surface area contributed by atoms with Gasteiger partial charge in [-0.15, -0.1) is 0 Å². The van der Waals surface area contributed by atoms with E-state index in [0.717, 1.165) is 64.2 Å². The Morgan fingerprint density at radius 3 is 1.19 bits per heavy atom. The van der Waals surface area contributed by atoms with E-state index in [1.54, 1.807) is 0 Å². The second kappa shape index (κ2) is 5.98. The van der Waals surface area contributed by atoms with Crippen LogP contribution in [0.3, 0.4) is 0 Å². The highest BCUT2D eigenvalue weighted by atomic mass is 16.4. The highest BCUT2D eigenvalue weighted by molar-refractivity contribution is 5.76. The van der Waals surface area contributed by atoms with Crippen molar-refractivity contribution in [3.05, 3.63) is 35.4 Å². The first-order valence-electron chi connectivity index (χ1n) is 12.8. The Kier molecular flexibility index (Phi) is 3.67. The number of carboxylic acids is 2. The maximum absolute atomic E-state index is 12.3. The van der Waals surface area contributed by atoms with Crippen LogP contribution >= 0.6 is 0 Å². The number of hydrogen-bond acceptors (Lipinski definition) is 2. The molecule has 8 saturated carbocycles. The summed E-state index contributed by atoms with van der Waals surface area (Å²) in [6, 6.07) is 9.24. The van der Waals surface area contributed by atoms with Crippen LogP contribution in [0.1, 0.15) is 88.2 Å². The lowest BCUT2D eigenvalue weighted by Gasteiger charge is -2.61. The van der Waals surface area contributed by atoms with Crippen LogP contribution in [0.5, 0.6) is 0 Å². The SMILES string of the molecule is O=C(O)C12C[C@H]3C[C@@H](C1)CC(c1ccc(C45C[C@@H]6C[C@@H](CC(C(=O)O)(C6)C4)C5)cc1)(C3)C2. The van der Waals surface area contributed by atoms with Crippen molar-refractivity contribution in [1.29, 1.82) is 0 Å². The van der Waals surface area contributed by atoms with Crippen LogP contribution in [0.25, 0.3) is 0 Å². The summed E-state index contributed by atoms with van der Waals surface area (Å²) in [5, 5.41) is 20.2. The summed E-state index contributed by atoms with van der Waals surface area (Å²) in [5.41, 5.74) is 1.75. The molecule has 4 unspecified atom stereocenters. The molecule has 1 aromatic rings. The van der Waals surface area contributed by atoms with Crippen LogP contribution in [0.2, 0.25) is 0 Å². The van der Waals surface area contributed by atoms with Gasteiger partial charge in [-0.3, -0.25) is 9.59 Å². The molecule has 8 bridgehead atoms. The van der Waals surface area contributed by atoms with E-state index in [0.29, 0.717) is 23.7 Å². The second-order valence-electron chi connectivity index (χ2n) is 13.2. The van der Waals surface area contributed by atoms with E-state index in [9.17, 15) is 19.8 Å². The van der Waals surface area contributed by atoms with Crippen molar-refractivity contribution < 1.29 is 19.8 Å². The van der Waals surface area contributed by atoms with E-state index >= 15 is 0 Å². The zero-order chi connectivity index (χ0) is 21.9. The van der Waals surface area contributed by atoms with E-state index in [1.165, 1.54) is 24.0 Å². The standard InChI is InChI=1S/C28H34O4/c29-23(30)27-11-17-5-18(12-27)8-25(7-17,15-27)21-1-2-22(4-3-21)26-9-19-6-20(10-26)14-28(13-19,16-26)24(31)32/h1-4,17-20H,5-16H2,(H,29,30)(H,31,32)/t17-,18+,19-,20+,25?,26?,27?,28?. The monoisotopic (exact) mass is 434 g/mol. The number of carbonyl (C=O) groups is 2. The quantitative estimate of drug-likeness (QED) is 0.653. The van der Waals surface area contributed by atoms with Gasteiger partial charge in [0.1, 0.15) is 0 Å². The van der Waals surface area contributed by atoms with Crippen molar-refractivity contribution in [2.45, 2.75) is 87.9 Å². The van der Waals surface area contributed by atoms with E-state index in [-0.39, 0.29) is 10.8 Å². The molecule has 0 radical (unpaired) electrons. The minimum Gasteiger partial charge on any atom is -0.481 e. The third-order valence-electron chi connectivity index (χ3n) is 11.1. The van der Waals surface area contributed by atoms with Gasteiger partial charge in [0.2, 0.25) is 0 Å². The maximum atomic E-state index is 12.3. The molecule has 0 amide bonds. The van der Waals surface area contributed by atoms with Gasteiger partial charge < -0.3 is 10.2 Å². The predicted octanol–water partition coefficient (Wildman–Crippen LogP) is 5.53. The Hall–Kier alpha value is -1.84. The van der Waals surface area contributed by atoms with Crippen molar-refractivity contribution in [1.82, 2.24) is 0 Å². The predicted molar refractivity (Wildman–Crippen MR) is 119 cm³/mol. The number of aliphatic carboxylic acids is 2. The van der Waals surface area contributed by atoms with Gasteiger partial charge in [-0.25, -0.2) is 0 Å². The molecule has 4 nitrogen and oxygen atoms in total. The van der Waals surface area contributed by atoms with Gasteiger partial charge in [0.15, 0.2) is 0 Å². The second-order valence-corrected chi connectivity index (χ2v) is 13.2. The van der Waals surface area contributed by atoms with Crippen molar-refractivity contribution in [3.63, 3.8) is 0 Å². The van der Waals surface area contributed by atoms with Crippen LogP contribution < -0.4 is 0 Å². The Labute approximate surface area is 189 Å². The lowest BCUT2D eigenvalue weighted by Crippen LogP contribution is -2.57. The van der Waals surface area contributed by atoms with Gasteiger partial charge in [-0.2, -0.15) is 0 Å². The summed E-state index contributed by atoms with van der Waals surface area (Å²) in [6.07, 6.45) is 12.1. The van der Waals surface area contributed by atoms with Crippen LogP contribution in [0, 0.1) is 34.5 Å². The number of benzene rings is 1. The van der Waals surface area contributed by atoms with Crippen molar-refractivity contribution in [2.75, 3.05) is 0 Å². The lowest BCUT2D eigenvalue weighted by atomic mass is 9.42. The van der Waals surface area contributed by atoms with Crippen LogP contribution in [0.4, 0.5) is 0 Å². The molecule has 0 saturated heterocycles. The number of hydrogen-bond donors (Lipinski definition) is 2. The molecule has 9 rings (SSSR count). The molecule has 4 heteroatoms. The van der Waals surface area contributed by atoms with E-state index in [2.05, 4.69) is 24.3 Å². The molecule has 32 heavy (non-hydrogen) atoms. The molecule has 0 heterocycles. The summed E-state index contributed by atoms with van der Waals surface area (Å²) >= 11 is 0. The van der Waals surface area contributed by atoms with Crippen LogP contribution in [0.15, 0.2) is 24.3 Å². The fraction of sp³-hybridized carbons (Fsp3) is 0.714. The molecule has 8 atom stereocenters. The topological polar surface area (TPSA) is 74.6 Å². The van der Waals surface area contributed by atoms with Crippen LogP contribution in [-0.2, 0) is 20.4 Å². The van der Waals surface area contributed by atoms with E-state index in [4.69, 9.17) is 0 Å². The molecular formula is C28H34O4. The molecule has 8 aliphatic rings. The molecule has 8 aliphatic carbocycles. The average Bonchev–Trinajstić information content (AvgIpc) is 2.72. The smallest absolute Gasteiger partial charge is 0.309 e. The molecule has 2 N–H and O–H groups in total. The zero-order valence-electron chi connectivity index (χ0n) is 18.8. The molecule has 170 valence electrons. The van der Waals surface area contributed by atoms with Crippen LogP contribution in [-0.4, -0.2) is 22.2 Å².